The molecule has 3 fully saturated rings. The predicted octanol–water partition coefficient (Wildman–Crippen LogP) is 2.27. The van der Waals surface area contributed by atoms with Gasteiger partial charge in [-0.1, -0.05) is 12.2 Å². The average molecular weight is 747 g/mol. The zero-order chi connectivity index (χ0) is 33.2. The van der Waals surface area contributed by atoms with E-state index in [4.69, 9.17) is 55.9 Å². The second-order valence-electron chi connectivity index (χ2n) is 11.2. The zero-order valence-electron chi connectivity index (χ0n) is 24.4. The Bertz CT molecular complexity index is 1850. The minimum Gasteiger partial charge on any atom is -0.472 e. The first-order valence-corrected chi connectivity index (χ1v) is 19.8. The van der Waals surface area contributed by atoms with Gasteiger partial charge in [0, 0.05) is 0 Å². The fraction of sp³-hybridized carbons (Fsp3) is 0.520. The molecule has 0 amide bonds. The molecule has 0 spiro atoms. The number of rotatable bonds is 0. The largest absolute Gasteiger partial charge is 0.472 e. The van der Waals surface area contributed by atoms with E-state index in [9.17, 15) is 9.79 Å². The molecular formula is C25H26F2N8O9P2S2. The molecule has 10 atom stereocenters. The summed E-state index contributed by atoms with van der Waals surface area (Å²) in [6, 6.07) is 0. The Kier molecular flexibility index (Phi) is 8.62. The topological polar surface area (TPSA) is 192 Å². The van der Waals surface area contributed by atoms with Gasteiger partial charge in [-0.2, -0.15) is 4.98 Å². The van der Waals surface area contributed by atoms with Crippen molar-refractivity contribution in [3.05, 3.63) is 43.2 Å². The lowest BCUT2D eigenvalue weighted by molar-refractivity contribution is -0.0583. The van der Waals surface area contributed by atoms with E-state index >= 15 is 8.78 Å². The number of aromatic nitrogens is 8. The van der Waals surface area contributed by atoms with Gasteiger partial charge in [0.2, 0.25) is 5.88 Å². The van der Waals surface area contributed by atoms with E-state index in [1.807, 2.05) is 6.08 Å². The number of ether oxygens (including phenoxy) is 3. The molecule has 9 rings (SSSR count). The van der Waals surface area contributed by atoms with Crippen molar-refractivity contribution in [1.82, 2.24) is 39.0 Å². The van der Waals surface area contributed by atoms with Gasteiger partial charge in [-0.25, -0.2) is 33.7 Å². The molecule has 3 unspecified atom stereocenters. The number of halogens is 2. The molecule has 17 nitrogen and oxygen atoms in total. The number of hydrogen-bond acceptors (Lipinski definition) is 15. The Morgan fingerprint density at radius 1 is 0.750 bits per heavy atom. The van der Waals surface area contributed by atoms with E-state index in [1.165, 1.54) is 34.4 Å². The van der Waals surface area contributed by atoms with E-state index < -0.39 is 75.9 Å². The molecule has 23 heteroatoms. The summed E-state index contributed by atoms with van der Waals surface area (Å²) < 4.78 is 75.4. The molecule has 0 aromatic carbocycles. The van der Waals surface area contributed by atoms with Crippen molar-refractivity contribution in [3.8, 4) is 5.88 Å². The first kappa shape index (κ1) is 32.7. The Hall–Kier alpha value is -2.52. The number of imidazole rings is 2. The van der Waals surface area contributed by atoms with Crippen LogP contribution in [0.4, 0.5) is 8.78 Å². The third kappa shape index (κ3) is 5.99. The van der Waals surface area contributed by atoms with Crippen LogP contribution < -0.4 is 4.74 Å². The lowest BCUT2D eigenvalue weighted by Crippen LogP contribution is -2.37. The molecule has 4 aromatic heterocycles. The van der Waals surface area contributed by atoms with Crippen LogP contribution in [-0.2, 0) is 57.6 Å². The van der Waals surface area contributed by atoms with Crippen LogP contribution in [0, 0.1) is 0 Å². The monoisotopic (exact) mass is 746 g/mol. The summed E-state index contributed by atoms with van der Waals surface area (Å²) in [5, 5.41) is 0. The lowest BCUT2D eigenvalue weighted by Gasteiger charge is -2.29. The number of alkyl halides is 2. The molecule has 5 aliphatic rings. The predicted molar refractivity (Wildman–Crippen MR) is 166 cm³/mol. The molecular weight excluding hydrogens is 720 g/mol. The molecule has 14 bridgehead atoms. The highest BCUT2D eigenvalue weighted by Crippen LogP contribution is 2.54. The summed E-state index contributed by atoms with van der Waals surface area (Å²) in [5.74, 6) is 0.152. The first-order valence-electron chi connectivity index (χ1n) is 14.6. The molecule has 5 aliphatic heterocycles. The van der Waals surface area contributed by atoms with E-state index in [-0.39, 0.29) is 29.3 Å². The normalized spacial score (nSPS) is 38.2. The number of nitrogens with zero attached hydrogens (tertiary/aromatic N) is 8. The molecule has 0 aliphatic carbocycles. The maximum atomic E-state index is 16.3. The maximum absolute atomic E-state index is 16.3. The van der Waals surface area contributed by atoms with Crippen LogP contribution in [-0.4, -0.2) is 105 Å². The Morgan fingerprint density at radius 2 is 1.31 bits per heavy atom. The molecule has 0 saturated carbocycles. The van der Waals surface area contributed by atoms with Crippen molar-refractivity contribution < 1.29 is 50.9 Å². The van der Waals surface area contributed by atoms with Gasteiger partial charge in [-0.15, -0.1) is 0 Å². The van der Waals surface area contributed by atoms with E-state index in [0.717, 1.165) is 0 Å². The highest BCUT2D eigenvalue weighted by molar-refractivity contribution is 8.07. The number of hydrogen-bond donors (Lipinski definition) is 2. The lowest BCUT2D eigenvalue weighted by atomic mass is 10.1. The summed E-state index contributed by atoms with van der Waals surface area (Å²) in [5.41, 5.74) is 1.73. The highest BCUT2D eigenvalue weighted by Gasteiger charge is 2.53. The molecule has 0 radical (unpaired) electrons. The van der Waals surface area contributed by atoms with Crippen LogP contribution in [0.1, 0.15) is 24.6 Å². The van der Waals surface area contributed by atoms with Gasteiger partial charge >= 0.3 is 13.4 Å². The van der Waals surface area contributed by atoms with Crippen molar-refractivity contribution in [2.45, 2.75) is 62.1 Å². The first-order chi connectivity index (χ1) is 23.1. The van der Waals surface area contributed by atoms with E-state index in [2.05, 4.69) is 29.9 Å². The van der Waals surface area contributed by atoms with Crippen molar-refractivity contribution in [2.24, 2.45) is 0 Å². The molecule has 48 heavy (non-hydrogen) atoms. The van der Waals surface area contributed by atoms with Crippen LogP contribution in [0.3, 0.4) is 0 Å². The molecule has 256 valence electrons. The summed E-state index contributed by atoms with van der Waals surface area (Å²) in [7, 11) is 0. The summed E-state index contributed by atoms with van der Waals surface area (Å²) in [6.07, 6.45) is -2.50. The highest BCUT2D eigenvalue weighted by atomic mass is 32.5. The van der Waals surface area contributed by atoms with Gasteiger partial charge in [-0.3, -0.25) is 18.2 Å². The van der Waals surface area contributed by atoms with E-state index in [1.54, 1.807) is 6.08 Å². The van der Waals surface area contributed by atoms with Gasteiger partial charge in [-0.05, 0) is 36.5 Å². The SMILES string of the molecule is OP1(=S)OCC2O[C@@H]3[C@H](F)[C@@H]2OP(O)(=S)OC[C@H]2O[C@H]([C@H](F)[C@@H]2O1)n1cnc2c(ncnc21)OC/C=C/CCc1ncnc2c1ncn23. The van der Waals surface area contributed by atoms with Crippen molar-refractivity contribution in [2.75, 3.05) is 19.8 Å². The van der Waals surface area contributed by atoms with Gasteiger partial charge in [0.05, 0.1) is 31.6 Å². The number of aryl methyl sites for hydroxylation is 1. The second kappa shape index (κ2) is 12.7. The second-order valence-corrected chi connectivity index (χ2v) is 16.7. The number of fused-ring (bicyclic) bond motifs is 10. The minimum atomic E-state index is -4.24. The third-order valence-corrected chi connectivity index (χ3v) is 11.3. The van der Waals surface area contributed by atoms with E-state index in [0.29, 0.717) is 24.1 Å². The summed E-state index contributed by atoms with van der Waals surface area (Å²) >= 11 is 10.5. The van der Waals surface area contributed by atoms with Crippen LogP contribution >= 0.6 is 13.4 Å². The maximum Gasteiger partial charge on any atom is 0.325 e. The van der Waals surface area contributed by atoms with Gasteiger partial charge < -0.3 is 33.0 Å². The Labute approximate surface area is 279 Å². The third-order valence-electron chi connectivity index (χ3n) is 8.19. The Balaban J connectivity index is 1.21. The van der Waals surface area contributed by atoms with Crippen LogP contribution in [0.25, 0.3) is 22.3 Å². The minimum absolute atomic E-state index is 0.142. The number of allylic oxidation sites excluding steroid dienone is 1. The molecule has 3 saturated heterocycles. The fourth-order valence-corrected chi connectivity index (χ4v) is 8.86. The zero-order valence-corrected chi connectivity index (χ0v) is 27.8. The van der Waals surface area contributed by atoms with Crippen LogP contribution in [0.2, 0.25) is 0 Å². The quantitative estimate of drug-likeness (QED) is 0.197. The average Bonchev–Trinajstić information content (AvgIpc) is 3.81. The molecule has 2 N–H and O–H groups in total. The van der Waals surface area contributed by atoms with Gasteiger partial charge in [0.15, 0.2) is 41.6 Å². The Morgan fingerprint density at radius 3 is 1.94 bits per heavy atom. The standard InChI is InChI=1S/C25H26F2N8O9P2S2/c26-15-19-13-6-39-46(37,48)44-20-14(7-40-45(36,47)43-19)42-25(16(20)27)35-11-33-18-22(35)30-9-31-23(18)38-5-3-1-2-4-12-17-21(29-8-28-12)34(10-32-17)24(15)41-13/h1,3,8-11,13-16,19-20,24-25H,2,4-7H2,(H,36,47)(H,37,48)/b3-1+/t13?,14-,15-,16-,19-,20-,24-,25-,45?,46?/m1/s1. The van der Waals surface area contributed by atoms with Crippen molar-refractivity contribution in [1.29, 1.82) is 0 Å². The van der Waals surface area contributed by atoms with Gasteiger partial charge in [0.1, 0.15) is 49.2 Å². The molecule has 4 aromatic rings. The van der Waals surface area contributed by atoms with Crippen molar-refractivity contribution >= 4 is 59.4 Å². The van der Waals surface area contributed by atoms with Crippen molar-refractivity contribution in [3.63, 3.8) is 0 Å². The molecule has 9 heterocycles. The smallest absolute Gasteiger partial charge is 0.325 e. The summed E-state index contributed by atoms with van der Waals surface area (Å²) in [4.78, 5) is 47.9. The van der Waals surface area contributed by atoms with Crippen LogP contribution in [0.15, 0.2) is 37.5 Å². The summed E-state index contributed by atoms with van der Waals surface area (Å²) in [6.45, 7) is -9.49. The van der Waals surface area contributed by atoms with Gasteiger partial charge in [0.25, 0.3) is 0 Å². The fourth-order valence-electron chi connectivity index (χ4n) is 5.98. The van der Waals surface area contributed by atoms with Crippen LogP contribution in [0.5, 0.6) is 5.88 Å².